The summed E-state index contributed by atoms with van der Waals surface area (Å²) < 4.78 is 0. The summed E-state index contributed by atoms with van der Waals surface area (Å²) in [6.45, 7) is 4.86. The van der Waals surface area contributed by atoms with Gasteiger partial charge in [0, 0.05) is 16.3 Å². The van der Waals surface area contributed by atoms with Gasteiger partial charge in [0.2, 0.25) is 0 Å². The minimum absolute atomic E-state index is 0.436. The molecule has 2 rings (SSSR count). The van der Waals surface area contributed by atoms with Gasteiger partial charge in [-0.3, -0.25) is 0 Å². The van der Waals surface area contributed by atoms with E-state index in [0.29, 0.717) is 12.5 Å². The van der Waals surface area contributed by atoms with E-state index in [2.05, 4.69) is 31.0 Å². The molecule has 0 aliphatic rings. The number of hydrogen-bond donors (Lipinski definition) is 1. The first-order valence-electron chi connectivity index (χ1n) is 6.46. The molecule has 19 heavy (non-hydrogen) atoms. The van der Waals surface area contributed by atoms with Crippen molar-refractivity contribution in [2.75, 3.05) is 6.54 Å². The summed E-state index contributed by atoms with van der Waals surface area (Å²) in [5.74, 6) is 0.436. The van der Waals surface area contributed by atoms with Crippen molar-refractivity contribution in [3.63, 3.8) is 0 Å². The van der Waals surface area contributed by atoms with Crippen LogP contribution >= 0.6 is 22.9 Å². The Morgan fingerprint density at radius 1 is 1.21 bits per heavy atom. The molecule has 0 amide bonds. The molecule has 0 fully saturated rings. The predicted octanol–water partition coefficient (Wildman–Crippen LogP) is 3.77. The van der Waals surface area contributed by atoms with E-state index in [1.807, 2.05) is 12.1 Å². The average molecular weight is 295 g/mol. The smallest absolute Gasteiger partial charge is 0.0934 e. The Morgan fingerprint density at radius 3 is 2.42 bits per heavy atom. The fourth-order valence-corrected chi connectivity index (χ4v) is 3.24. The van der Waals surface area contributed by atoms with Gasteiger partial charge in [-0.2, -0.15) is 0 Å². The Balaban J connectivity index is 2.02. The third-order valence-electron chi connectivity index (χ3n) is 3.31. The van der Waals surface area contributed by atoms with Crippen LogP contribution in [0.1, 0.15) is 21.1 Å². The van der Waals surface area contributed by atoms with Gasteiger partial charge in [0.25, 0.3) is 0 Å². The third kappa shape index (κ3) is 4.03. The molecule has 2 aromatic rings. The number of aryl methyl sites for hydroxylation is 2. The van der Waals surface area contributed by atoms with Gasteiger partial charge in [-0.1, -0.05) is 23.7 Å². The lowest BCUT2D eigenvalue weighted by Gasteiger charge is -2.13. The molecular formula is C15H19ClN2S. The average Bonchev–Trinajstić information content (AvgIpc) is 2.70. The minimum Gasteiger partial charge on any atom is -0.330 e. The highest BCUT2D eigenvalue weighted by Gasteiger charge is 2.12. The van der Waals surface area contributed by atoms with Gasteiger partial charge >= 0.3 is 0 Å². The Hall–Kier alpha value is -0.900. The van der Waals surface area contributed by atoms with Gasteiger partial charge in [0.05, 0.1) is 10.7 Å². The molecule has 2 N–H and O–H groups in total. The topological polar surface area (TPSA) is 38.9 Å². The summed E-state index contributed by atoms with van der Waals surface area (Å²) in [5.41, 5.74) is 8.32. The van der Waals surface area contributed by atoms with E-state index in [4.69, 9.17) is 17.3 Å². The van der Waals surface area contributed by atoms with Gasteiger partial charge in [-0.15, -0.1) is 11.3 Å². The molecule has 102 valence electrons. The number of nitrogens with two attached hydrogens (primary N) is 1. The summed E-state index contributed by atoms with van der Waals surface area (Å²) in [6, 6.07) is 8.01. The van der Waals surface area contributed by atoms with Crippen LogP contribution in [0.5, 0.6) is 0 Å². The molecule has 4 heteroatoms. The first-order valence-corrected chi connectivity index (χ1v) is 7.65. The second kappa shape index (κ2) is 6.51. The minimum atomic E-state index is 0.436. The highest BCUT2D eigenvalue weighted by molar-refractivity contribution is 7.11. The number of aromatic nitrogens is 1. The highest BCUT2D eigenvalue weighted by Crippen LogP contribution is 2.21. The predicted molar refractivity (Wildman–Crippen MR) is 83.0 cm³/mol. The first-order chi connectivity index (χ1) is 9.08. The third-order valence-corrected chi connectivity index (χ3v) is 4.65. The normalized spacial score (nSPS) is 12.6. The van der Waals surface area contributed by atoms with E-state index in [-0.39, 0.29) is 0 Å². The Labute approximate surface area is 123 Å². The maximum absolute atomic E-state index is 5.90. The number of hydrogen-bond acceptors (Lipinski definition) is 3. The van der Waals surface area contributed by atoms with Crippen LogP contribution in [0.15, 0.2) is 24.3 Å². The Bertz CT molecular complexity index is 514. The van der Waals surface area contributed by atoms with Crippen molar-refractivity contribution in [1.82, 2.24) is 4.98 Å². The molecule has 1 aromatic carbocycles. The molecule has 0 bridgehead atoms. The highest BCUT2D eigenvalue weighted by atomic mass is 35.5. The molecule has 1 heterocycles. The summed E-state index contributed by atoms with van der Waals surface area (Å²) in [4.78, 5) is 5.90. The van der Waals surface area contributed by atoms with Crippen LogP contribution in [0.3, 0.4) is 0 Å². The van der Waals surface area contributed by atoms with E-state index in [1.54, 1.807) is 11.3 Å². The van der Waals surface area contributed by atoms with Crippen LogP contribution in [0, 0.1) is 19.8 Å². The molecule has 0 aliphatic heterocycles. The van der Waals surface area contributed by atoms with Gasteiger partial charge in [0.1, 0.15) is 0 Å². The number of thiazole rings is 1. The molecule has 2 nitrogen and oxygen atoms in total. The lowest BCUT2D eigenvalue weighted by Crippen LogP contribution is -2.19. The van der Waals surface area contributed by atoms with Crippen LogP contribution in [0.4, 0.5) is 0 Å². The quantitative estimate of drug-likeness (QED) is 0.911. The fraction of sp³-hybridized carbons (Fsp3) is 0.400. The summed E-state index contributed by atoms with van der Waals surface area (Å²) in [5, 5.41) is 1.97. The second-order valence-corrected chi connectivity index (χ2v) is 6.61. The van der Waals surface area contributed by atoms with Crippen molar-refractivity contribution in [2.24, 2.45) is 11.7 Å². The maximum Gasteiger partial charge on any atom is 0.0934 e. The van der Waals surface area contributed by atoms with Gasteiger partial charge in [-0.25, -0.2) is 4.98 Å². The van der Waals surface area contributed by atoms with Crippen molar-refractivity contribution in [3.8, 4) is 0 Å². The number of halogens is 1. The van der Waals surface area contributed by atoms with Crippen molar-refractivity contribution >= 4 is 22.9 Å². The summed E-state index contributed by atoms with van der Waals surface area (Å²) in [6.07, 6.45) is 1.93. The molecule has 1 atom stereocenters. The molecule has 0 saturated heterocycles. The van der Waals surface area contributed by atoms with E-state index in [1.165, 1.54) is 15.4 Å². The van der Waals surface area contributed by atoms with Crippen molar-refractivity contribution < 1.29 is 0 Å². The van der Waals surface area contributed by atoms with Gasteiger partial charge in [0.15, 0.2) is 0 Å². The zero-order valence-corrected chi connectivity index (χ0v) is 12.9. The number of rotatable bonds is 5. The molecule has 0 spiro atoms. The summed E-state index contributed by atoms with van der Waals surface area (Å²) in [7, 11) is 0. The number of benzene rings is 1. The molecule has 0 saturated carbocycles. The standard InChI is InChI=1S/C15H19ClN2S/c1-10-11(2)19-15(18-10)8-13(9-17)7-12-3-5-14(16)6-4-12/h3-6,13H,7-9,17H2,1-2H3. The molecular weight excluding hydrogens is 276 g/mol. The van der Waals surface area contributed by atoms with Gasteiger partial charge < -0.3 is 5.73 Å². The van der Waals surface area contributed by atoms with E-state index in [0.717, 1.165) is 23.6 Å². The fourth-order valence-electron chi connectivity index (χ4n) is 2.07. The maximum atomic E-state index is 5.90. The lowest BCUT2D eigenvalue weighted by atomic mass is 9.96. The Kier molecular flexibility index (Phi) is 4.97. The van der Waals surface area contributed by atoms with Crippen LogP contribution < -0.4 is 5.73 Å². The van der Waals surface area contributed by atoms with Crippen molar-refractivity contribution in [1.29, 1.82) is 0 Å². The van der Waals surface area contributed by atoms with Crippen molar-refractivity contribution in [3.05, 3.63) is 50.4 Å². The lowest BCUT2D eigenvalue weighted by molar-refractivity contribution is 0.532. The van der Waals surface area contributed by atoms with Crippen LogP contribution in [0.25, 0.3) is 0 Å². The zero-order chi connectivity index (χ0) is 13.8. The number of nitrogens with zero attached hydrogens (tertiary/aromatic N) is 1. The first kappa shape index (κ1) is 14.5. The summed E-state index contributed by atoms with van der Waals surface area (Å²) >= 11 is 7.68. The van der Waals surface area contributed by atoms with Crippen LogP contribution in [-0.2, 0) is 12.8 Å². The molecule has 0 aliphatic carbocycles. The largest absolute Gasteiger partial charge is 0.330 e. The Morgan fingerprint density at radius 2 is 1.89 bits per heavy atom. The van der Waals surface area contributed by atoms with Crippen LogP contribution in [-0.4, -0.2) is 11.5 Å². The van der Waals surface area contributed by atoms with Crippen LogP contribution in [0.2, 0.25) is 5.02 Å². The second-order valence-electron chi connectivity index (χ2n) is 4.89. The molecule has 0 radical (unpaired) electrons. The van der Waals surface area contributed by atoms with E-state index in [9.17, 15) is 0 Å². The van der Waals surface area contributed by atoms with E-state index < -0.39 is 0 Å². The van der Waals surface area contributed by atoms with Crippen molar-refractivity contribution in [2.45, 2.75) is 26.7 Å². The monoisotopic (exact) mass is 294 g/mol. The molecule has 1 unspecified atom stereocenters. The van der Waals surface area contributed by atoms with E-state index >= 15 is 0 Å². The molecule has 1 aromatic heterocycles. The zero-order valence-electron chi connectivity index (χ0n) is 11.3. The SMILES string of the molecule is Cc1nc(CC(CN)Cc2ccc(Cl)cc2)sc1C. The van der Waals surface area contributed by atoms with Gasteiger partial charge in [-0.05, 0) is 50.4 Å².